The maximum Gasteiger partial charge on any atom is 0.573 e. The Hall–Kier alpha value is -1.34. The van der Waals surface area contributed by atoms with Crippen LogP contribution in [0.25, 0.3) is 5.70 Å². The Balaban J connectivity index is 2.31. The second-order valence-corrected chi connectivity index (χ2v) is 5.76. The molecule has 0 amide bonds. The lowest BCUT2D eigenvalue weighted by Gasteiger charge is -2.14. The van der Waals surface area contributed by atoms with E-state index in [1.54, 1.807) is 18.7 Å². The van der Waals surface area contributed by atoms with E-state index < -0.39 is 6.36 Å². The molecule has 2 rings (SSSR count). The SMILES string of the molecule is CNC1NC(c2cc(C)cc(OC(F)(F)F)c2)=C(C)S1. The molecule has 110 valence electrons. The molecule has 1 atom stereocenters. The van der Waals surface area contributed by atoms with Gasteiger partial charge in [0.1, 0.15) is 11.2 Å². The molecule has 0 radical (unpaired) electrons. The molecular weight excluding hydrogens is 289 g/mol. The van der Waals surface area contributed by atoms with Crippen LogP contribution in [0, 0.1) is 6.92 Å². The van der Waals surface area contributed by atoms with Crippen LogP contribution in [0.4, 0.5) is 13.2 Å². The van der Waals surface area contributed by atoms with Crippen molar-refractivity contribution >= 4 is 17.5 Å². The lowest BCUT2D eigenvalue weighted by Crippen LogP contribution is -2.32. The zero-order valence-electron chi connectivity index (χ0n) is 11.3. The fraction of sp³-hybridized carbons (Fsp3) is 0.385. The first-order valence-corrected chi connectivity index (χ1v) is 6.85. The Labute approximate surface area is 119 Å². The van der Waals surface area contributed by atoms with Crippen molar-refractivity contribution < 1.29 is 17.9 Å². The van der Waals surface area contributed by atoms with Gasteiger partial charge in [-0.1, -0.05) is 11.8 Å². The molecule has 7 heteroatoms. The van der Waals surface area contributed by atoms with E-state index in [0.29, 0.717) is 11.1 Å². The Bertz CT molecular complexity index is 543. The largest absolute Gasteiger partial charge is 0.573 e. The number of nitrogens with one attached hydrogen (secondary N) is 2. The van der Waals surface area contributed by atoms with Gasteiger partial charge in [-0.3, -0.25) is 5.32 Å². The first kappa shape index (κ1) is 15.1. The summed E-state index contributed by atoms with van der Waals surface area (Å²) in [6, 6.07) is 4.59. The minimum Gasteiger partial charge on any atom is -0.406 e. The number of rotatable bonds is 3. The summed E-state index contributed by atoms with van der Waals surface area (Å²) in [7, 11) is 1.81. The number of hydrogen-bond donors (Lipinski definition) is 2. The Morgan fingerprint density at radius 2 is 1.95 bits per heavy atom. The fourth-order valence-electron chi connectivity index (χ4n) is 2.00. The minimum absolute atomic E-state index is 0.0255. The number of alkyl halides is 3. The normalized spacial score (nSPS) is 19.2. The summed E-state index contributed by atoms with van der Waals surface area (Å²) in [5, 5.41) is 6.28. The Morgan fingerprint density at radius 3 is 2.50 bits per heavy atom. The highest BCUT2D eigenvalue weighted by Crippen LogP contribution is 2.35. The van der Waals surface area contributed by atoms with Crippen LogP contribution in [0.15, 0.2) is 23.1 Å². The average molecular weight is 304 g/mol. The Morgan fingerprint density at radius 1 is 1.25 bits per heavy atom. The molecule has 1 aliphatic rings. The lowest BCUT2D eigenvalue weighted by atomic mass is 10.1. The maximum atomic E-state index is 12.3. The van der Waals surface area contributed by atoms with Gasteiger partial charge in [-0.25, -0.2) is 0 Å². The van der Waals surface area contributed by atoms with Gasteiger partial charge in [-0.15, -0.1) is 13.2 Å². The summed E-state index contributed by atoms with van der Waals surface area (Å²) in [4.78, 5) is 1.02. The molecule has 3 nitrogen and oxygen atoms in total. The molecule has 0 spiro atoms. The third-order valence-corrected chi connectivity index (χ3v) is 3.90. The van der Waals surface area contributed by atoms with Crippen molar-refractivity contribution in [3.63, 3.8) is 0 Å². The van der Waals surface area contributed by atoms with E-state index >= 15 is 0 Å². The third-order valence-electron chi connectivity index (χ3n) is 2.76. The van der Waals surface area contributed by atoms with Gasteiger partial charge in [0.2, 0.25) is 0 Å². The minimum atomic E-state index is -4.68. The number of halogens is 3. The highest BCUT2D eigenvalue weighted by molar-refractivity contribution is 8.04. The zero-order valence-corrected chi connectivity index (χ0v) is 12.1. The van der Waals surface area contributed by atoms with Crippen LogP contribution in [0.3, 0.4) is 0 Å². The summed E-state index contributed by atoms with van der Waals surface area (Å²) >= 11 is 1.59. The van der Waals surface area contributed by atoms with E-state index in [1.165, 1.54) is 12.1 Å². The number of benzene rings is 1. The number of aryl methyl sites for hydroxylation is 1. The molecule has 1 aromatic rings. The number of ether oxygens (including phenoxy) is 1. The lowest BCUT2D eigenvalue weighted by molar-refractivity contribution is -0.274. The van der Waals surface area contributed by atoms with Crippen LogP contribution in [0.2, 0.25) is 0 Å². The number of hydrogen-bond acceptors (Lipinski definition) is 4. The predicted octanol–water partition coefficient (Wildman–Crippen LogP) is 3.42. The average Bonchev–Trinajstić information content (AvgIpc) is 2.67. The smallest absolute Gasteiger partial charge is 0.406 e. The van der Waals surface area contributed by atoms with Gasteiger partial charge in [0, 0.05) is 10.5 Å². The van der Waals surface area contributed by atoms with Gasteiger partial charge in [0.05, 0.1) is 5.70 Å². The quantitative estimate of drug-likeness (QED) is 0.896. The van der Waals surface area contributed by atoms with Crippen LogP contribution in [-0.2, 0) is 0 Å². The predicted molar refractivity (Wildman–Crippen MR) is 74.0 cm³/mol. The van der Waals surface area contributed by atoms with Crippen molar-refractivity contribution in [2.75, 3.05) is 7.05 Å². The summed E-state index contributed by atoms with van der Waals surface area (Å²) in [6.45, 7) is 3.66. The molecule has 0 bridgehead atoms. The second kappa shape index (κ2) is 5.57. The van der Waals surface area contributed by atoms with Crippen molar-refractivity contribution in [2.45, 2.75) is 25.7 Å². The first-order valence-electron chi connectivity index (χ1n) is 5.97. The van der Waals surface area contributed by atoms with Crippen molar-refractivity contribution in [3.8, 4) is 5.75 Å². The van der Waals surface area contributed by atoms with E-state index in [4.69, 9.17) is 0 Å². The van der Waals surface area contributed by atoms with Crippen molar-refractivity contribution in [2.24, 2.45) is 0 Å². The summed E-state index contributed by atoms with van der Waals surface area (Å²) in [5.41, 5.74) is 2.25. The standard InChI is InChI=1S/C13H15F3N2OS/c1-7-4-9(6-10(5-7)19-13(14,15)16)11-8(2)20-12(17-3)18-11/h4-6,12,17-18H,1-3H3. The second-order valence-electron chi connectivity index (χ2n) is 4.44. The molecule has 0 saturated heterocycles. The molecule has 20 heavy (non-hydrogen) atoms. The van der Waals surface area contributed by atoms with E-state index in [2.05, 4.69) is 15.4 Å². The molecule has 0 fully saturated rings. The van der Waals surface area contributed by atoms with E-state index in [1.807, 2.05) is 20.0 Å². The maximum absolute atomic E-state index is 12.3. The molecule has 1 heterocycles. The molecule has 1 aliphatic heterocycles. The van der Waals surface area contributed by atoms with Crippen LogP contribution in [0.1, 0.15) is 18.1 Å². The van der Waals surface area contributed by atoms with Crippen LogP contribution in [-0.4, -0.2) is 18.9 Å². The highest BCUT2D eigenvalue weighted by Gasteiger charge is 2.31. The van der Waals surface area contributed by atoms with E-state index in [9.17, 15) is 13.2 Å². The van der Waals surface area contributed by atoms with Gasteiger partial charge < -0.3 is 10.1 Å². The number of allylic oxidation sites excluding steroid dienone is 1. The third kappa shape index (κ3) is 3.61. The summed E-state index contributed by atoms with van der Waals surface area (Å²) < 4.78 is 40.9. The van der Waals surface area contributed by atoms with Crippen molar-refractivity contribution in [3.05, 3.63) is 34.2 Å². The molecule has 1 aromatic carbocycles. The van der Waals surface area contributed by atoms with Crippen LogP contribution >= 0.6 is 11.8 Å². The van der Waals surface area contributed by atoms with Crippen LogP contribution < -0.4 is 15.4 Å². The molecule has 0 aromatic heterocycles. The van der Waals surface area contributed by atoms with Gasteiger partial charge in [-0.05, 0) is 44.7 Å². The van der Waals surface area contributed by atoms with Crippen molar-refractivity contribution in [1.82, 2.24) is 10.6 Å². The molecule has 2 N–H and O–H groups in total. The van der Waals surface area contributed by atoms with Gasteiger partial charge in [0.15, 0.2) is 0 Å². The molecule has 1 unspecified atom stereocenters. The van der Waals surface area contributed by atoms with Gasteiger partial charge in [0.25, 0.3) is 0 Å². The highest BCUT2D eigenvalue weighted by atomic mass is 32.2. The first-order chi connectivity index (χ1) is 9.28. The number of thioether (sulfide) groups is 1. The zero-order chi connectivity index (χ0) is 14.9. The van der Waals surface area contributed by atoms with Gasteiger partial charge >= 0.3 is 6.36 Å². The van der Waals surface area contributed by atoms with Crippen LogP contribution in [0.5, 0.6) is 5.75 Å². The molecule has 0 aliphatic carbocycles. The fourth-order valence-corrected chi connectivity index (χ4v) is 2.94. The molecular formula is C13H15F3N2OS. The summed E-state index contributed by atoms with van der Waals surface area (Å²) in [5.74, 6) is -0.201. The van der Waals surface area contributed by atoms with E-state index in [0.717, 1.165) is 10.6 Å². The summed E-state index contributed by atoms with van der Waals surface area (Å²) in [6.07, 6.45) is -4.68. The monoisotopic (exact) mass is 304 g/mol. The van der Waals surface area contributed by atoms with Gasteiger partial charge in [-0.2, -0.15) is 0 Å². The van der Waals surface area contributed by atoms with E-state index in [-0.39, 0.29) is 11.2 Å². The van der Waals surface area contributed by atoms with Crippen molar-refractivity contribution in [1.29, 1.82) is 0 Å². The molecule has 0 saturated carbocycles. The Kier molecular flexibility index (Phi) is 4.19. The topological polar surface area (TPSA) is 33.3 Å².